The molecule has 1 atom stereocenters. The Hall–Kier alpha value is -2.35. The third kappa shape index (κ3) is 3.90. The van der Waals surface area contributed by atoms with Gasteiger partial charge in [-0.25, -0.2) is 4.98 Å². The lowest BCUT2D eigenvalue weighted by atomic mass is 9.81. The molecule has 0 amide bonds. The van der Waals surface area contributed by atoms with Crippen LogP contribution in [0.5, 0.6) is 5.75 Å². The van der Waals surface area contributed by atoms with E-state index < -0.39 is 0 Å². The fourth-order valence-electron chi connectivity index (χ4n) is 3.98. The van der Waals surface area contributed by atoms with Crippen LogP contribution in [0, 0.1) is 5.92 Å². The van der Waals surface area contributed by atoms with Gasteiger partial charge in [0.25, 0.3) is 0 Å². The van der Waals surface area contributed by atoms with Crippen LogP contribution >= 0.6 is 0 Å². The first kappa shape index (κ1) is 17.1. The number of ether oxygens (including phenoxy) is 1. The van der Waals surface area contributed by atoms with Crippen LogP contribution in [0.2, 0.25) is 0 Å². The molecule has 2 heteroatoms. The van der Waals surface area contributed by atoms with Crippen molar-refractivity contribution in [1.82, 2.24) is 4.98 Å². The number of aryl methyl sites for hydroxylation is 1. The molecule has 26 heavy (non-hydrogen) atoms. The number of aromatic nitrogens is 1. The lowest BCUT2D eigenvalue weighted by Crippen LogP contribution is -2.14. The van der Waals surface area contributed by atoms with Crippen LogP contribution in [-0.2, 0) is 19.4 Å². The van der Waals surface area contributed by atoms with E-state index in [-0.39, 0.29) is 0 Å². The molecule has 3 aromatic rings. The highest BCUT2D eigenvalue weighted by atomic mass is 16.5. The topological polar surface area (TPSA) is 22.1 Å². The Kier molecular flexibility index (Phi) is 5.19. The van der Waals surface area contributed by atoms with E-state index >= 15 is 0 Å². The predicted octanol–water partition coefficient (Wildman–Crippen LogP) is 6.11. The molecule has 0 bridgehead atoms. The molecule has 0 saturated carbocycles. The molecule has 0 spiro atoms. The lowest BCUT2D eigenvalue weighted by molar-refractivity contribution is 0.300. The number of pyridine rings is 1. The predicted molar refractivity (Wildman–Crippen MR) is 108 cm³/mol. The van der Waals surface area contributed by atoms with E-state index in [9.17, 15) is 0 Å². The summed E-state index contributed by atoms with van der Waals surface area (Å²) in [6.07, 6.45) is 7.78. The van der Waals surface area contributed by atoms with Gasteiger partial charge in [0.15, 0.2) is 0 Å². The van der Waals surface area contributed by atoms with E-state index in [0.29, 0.717) is 6.61 Å². The zero-order chi connectivity index (χ0) is 17.8. The molecule has 0 N–H and O–H groups in total. The van der Waals surface area contributed by atoms with Crippen LogP contribution in [0.4, 0.5) is 0 Å². The first-order valence-electron chi connectivity index (χ1n) is 9.91. The number of hydrogen-bond donors (Lipinski definition) is 0. The second-order valence-corrected chi connectivity index (χ2v) is 7.47. The lowest BCUT2D eigenvalue weighted by Gasteiger charge is -2.25. The van der Waals surface area contributed by atoms with Crippen molar-refractivity contribution in [3.8, 4) is 5.75 Å². The molecule has 2 nitrogen and oxygen atoms in total. The van der Waals surface area contributed by atoms with E-state index in [4.69, 9.17) is 9.72 Å². The summed E-state index contributed by atoms with van der Waals surface area (Å²) in [5, 5.41) is 1.17. The third-order valence-electron chi connectivity index (χ3n) is 5.52. The normalized spacial score (nSPS) is 16.4. The molecule has 4 rings (SSSR count). The van der Waals surface area contributed by atoms with Crippen LogP contribution in [0.3, 0.4) is 0 Å². The second-order valence-electron chi connectivity index (χ2n) is 7.47. The van der Waals surface area contributed by atoms with Gasteiger partial charge in [0.05, 0.1) is 11.2 Å². The number of benzene rings is 2. The Morgan fingerprint density at radius 3 is 2.88 bits per heavy atom. The van der Waals surface area contributed by atoms with Crippen LogP contribution in [0.25, 0.3) is 10.9 Å². The summed E-state index contributed by atoms with van der Waals surface area (Å²) in [4.78, 5) is 4.70. The van der Waals surface area contributed by atoms with Crippen LogP contribution < -0.4 is 4.74 Å². The van der Waals surface area contributed by atoms with Crippen molar-refractivity contribution in [1.29, 1.82) is 0 Å². The second kappa shape index (κ2) is 7.90. The molecular weight excluding hydrogens is 318 g/mol. The van der Waals surface area contributed by atoms with Crippen molar-refractivity contribution in [2.45, 2.75) is 52.1 Å². The van der Waals surface area contributed by atoms with Crippen molar-refractivity contribution >= 4 is 10.9 Å². The maximum atomic E-state index is 6.06. The molecular formula is C24H27NO. The Morgan fingerprint density at radius 1 is 1.04 bits per heavy atom. The smallest absolute Gasteiger partial charge is 0.130 e. The summed E-state index contributed by atoms with van der Waals surface area (Å²) in [6, 6.07) is 19.0. The van der Waals surface area contributed by atoms with Gasteiger partial charge < -0.3 is 4.74 Å². The van der Waals surface area contributed by atoms with E-state index in [1.165, 1.54) is 55.0 Å². The van der Waals surface area contributed by atoms with Crippen molar-refractivity contribution in [2.75, 3.05) is 0 Å². The SMILES string of the molecule is CCCCC1CCc2ccc(OCc3ccc4ccccc4n3)cc2C1. The Labute approximate surface area is 156 Å². The van der Waals surface area contributed by atoms with Gasteiger partial charge in [-0.05, 0) is 60.6 Å². The summed E-state index contributed by atoms with van der Waals surface area (Å²) in [7, 11) is 0. The van der Waals surface area contributed by atoms with Crippen molar-refractivity contribution in [3.05, 3.63) is 71.4 Å². The Balaban J connectivity index is 1.43. The molecule has 1 unspecified atom stereocenters. The summed E-state index contributed by atoms with van der Waals surface area (Å²) in [5.41, 5.74) is 5.00. The molecule has 0 fully saturated rings. The van der Waals surface area contributed by atoms with Gasteiger partial charge >= 0.3 is 0 Å². The van der Waals surface area contributed by atoms with E-state index in [2.05, 4.69) is 43.3 Å². The molecule has 134 valence electrons. The monoisotopic (exact) mass is 345 g/mol. The van der Waals surface area contributed by atoms with Gasteiger partial charge in [0, 0.05) is 5.39 Å². The largest absolute Gasteiger partial charge is 0.487 e. The summed E-state index contributed by atoms with van der Waals surface area (Å²) in [5.74, 6) is 1.81. The number of rotatable bonds is 6. The molecule has 2 aromatic carbocycles. The van der Waals surface area contributed by atoms with Gasteiger partial charge in [-0.1, -0.05) is 56.5 Å². The summed E-state index contributed by atoms with van der Waals surface area (Å²) < 4.78 is 6.06. The van der Waals surface area contributed by atoms with Crippen molar-refractivity contribution in [3.63, 3.8) is 0 Å². The van der Waals surface area contributed by atoms with Crippen LogP contribution in [0.15, 0.2) is 54.6 Å². The maximum absolute atomic E-state index is 6.06. The minimum Gasteiger partial charge on any atom is -0.487 e. The van der Waals surface area contributed by atoms with Crippen molar-refractivity contribution in [2.24, 2.45) is 5.92 Å². The first-order valence-corrected chi connectivity index (χ1v) is 9.91. The van der Waals surface area contributed by atoms with Gasteiger partial charge in [-0.15, -0.1) is 0 Å². The highest BCUT2D eigenvalue weighted by molar-refractivity contribution is 5.78. The van der Waals surface area contributed by atoms with Gasteiger partial charge in [-0.3, -0.25) is 0 Å². The van der Waals surface area contributed by atoms with E-state index in [1.54, 1.807) is 0 Å². The third-order valence-corrected chi connectivity index (χ3v) is 5.52. The minimum absolute atomic E-state index is 0.517. The van der Waals surface area contributed by atoms with Crippen molar-refractivity contribution < 1.29 is 4.74 Å². The molecule has 0 saturated heterocycles. The Bertz CT molecular complexity index is 886. The van der Waals surface area contributed by atoms with Crippen LogP contribution in [0.1, 0.15) is 49.4 Å². The zero-order valence-electron chi connectivity index (χ0n) is 15.6. The summed E-state index contributed by atoms with van der Waals surface area (Å²) >= 11 is 0. The van der Waals surface area contributed by atoms with Crippen LogP contribution in [-0.4, -0.2) is 4.98 Å². The zero-order valence-corrected chi connectivity index (χ0v) is 15.6. The van der Waals surface area contributed by atoms with E-state index in [0.717, 1.165) is 22.9 Å². The standard InChI is InChI=1S/C24H27NO/c1-2-3-6-18-9-10-19-12-14-23(16-21(19)15-18)26-17-22-13-11-20-7-4-5-8-24(20)25-22/h4-5,7-8,11-14,16,18H,2-3,6,9-10,15,17H2,1H3. The number of fused-ring (bicyclic) bond motifs is 2. The molecule has 1 aliphatic carbocycles. The molecule has 1 heterocycles. The molecule has 0 aliphatic heterocycles. The average molecular weight is 345 g/mol. The number of unbranched alkanes of at least 4 members (excludes halogenated alkanes) is 1. The average Bonchev–Trinajstić information content (AvgIpc) is 2.70. The molecule has 1 aliphatic rings. The Morgan fingerprint density at radius 2 is 1.96 bits per heavy atom. The summed E-state index contributed by atoms with van der Waals surface area (Å²) in [6.45, 7) is 2.80. The number of nitrogens with zero attached hydrogens (tertiary/aromatic N) is 1. The fraction of sp³-hybridized carbons (Fsp3) is 0.375. The quantitative estimate of drug-likeness (QED) is 0.538. The number of hydrogen-bond acceptors (Lipinski definition) is 2. The fourth-order valence-corrected chi connectivity index (χ4v) is 3.98. The molecule has 1 aromatic heterocycles. The minimum atomic E-state index is 0.517. The van der Waals surface area contributed by atoms with Gasteiger partial charge in [0.1, 0.15) is 12.4 Å². The molecule has 0 radical (unpaired) electrons. The first-order chi connectivity index (χ1) is 12.8. The number of para-hydroxylation sites is 1. The maximum Gasteiger partial charge on any atom is 0.130 e. The van der Waals surface area contributed by atoms with E-state index in [1.807, 2.05) is 18.2 Å². The van der Waals surface area contributed by atoms with Gasteiger partial charge in [0.2, 0.25) is 0 Å². The van der Waals surface area contributed by atoms with Gasteiger partial charge in [-0.2, -0.15) is 0 Å². The highest BCUT2D eigenvalue weighted by Crippen LogP contribution is 2.31. The highest BCUT2D eigenvalue weighted by Gasteiger charge is 2.18.